The molecule has 0 saturated carbocycles. The smallest absolute Gasteiger partial charge is 0.119 e. The zero-order valence-corrected chi connectivity index (χ0v) is 7.19. The molecule has 0 amide bonds. The number of aliphatic carboxylic acids is 1. The summed E-state index contributed by atoms with van der Waals surface area (Å²) in [5.74, 6) is -0.511. The fourth-order valence-corrected chi connectivity index (χ4v) is 0.909. The summed E-state index contributed by atoms with van der Waals surface area (Å²) in [4.78, 5) is 10.1. The van der Waals surface area contributed by atoms with Crippen molar-refractivity contribution < 1.29 is 14.6 Å². The summed E-state index contributed by atoms with van der Waals surface area (Å²) in [7, 11) is 1.56. The summed E-state index contributed by atoms with van der Waals surface area (Å²) < 4.78 is 4.96. The highest BCUT2D eigenvalue weighted by molar-refractivity contribution is 5.83. The Kier molecular flexibility index (Phi) is 3.09. The number of methoxy groups -OCH3 is 1. The largest absolute Gasteiger partial charge is 0.545 e. The standard InChI is InChI=1S/C10H10O3/c1-13-9-4-2-3-8(7-9)5-6-10(11)12/h2-7H,1H3,(H,11,12)/p-1/b6-5-. The molecule has 3 heteroatoms. The van der Waals surface area contributed by atoms with Crippen molar-refractivity contribution in [2.45, 2.75) is 0 Å². The van der Waals surface area contributed by atoms with E-state index in [0.717, 1.165) is 11.6 Å². The maximum absolute atomic E-state index is 10.1. The van der Waals surface area contributed by atoms with E-state index in [0.29, 0.717) is 5.75 Å². The molecule has 0 heterocycles. The maximum atomic E-state index is 10.1. The summed E-state index contributed by atoms with van der Waals surface area (Å²) in [6.45, 7) is 0. The van der Waals surface area contributed by atoms with Gasteiger partial charge in [-0.3, -0.25) is 0 Å². The third-order valence-electron chi connectivity index (χ3n) is 1.51. The van der Waals surface area contributed by atoms with E-state index in [1.54, 1.807) is 31.4 Å². The normalized spacial score (nSPS) is 10.2. The van der Waals surface area contributed by atoms with Crippen LogP contribution in [0.25, 0.3) is 6.08 Å². The van der Waals surface area contributed by atoms with Crippen LogP contribution < -0.4 is 9.84 Å². The molecule has 0 aliphatic heterocycles. The van der Waals surface area contributed by atoms with Crippen molar-refractivity contribution in [1.29, 1.82) is 0 Å². The first-order valence-corrected chi connectivity index (χ1v) is 3.75. The minimum absolute atomic E-state index is 0.695. The monoisotopic (exact) mass is 177 g/mol. The molecule has 0 aliphatic carbocycles. The third-order valence-corrected chi connectivity index (χ3v) is 1.51. The van der Waals surface area contributed by atoms with Crippen LogP contribution in [0.4, 0.5) is 0 Å². The highest BCUT2D eigenvalue weighted by Crippen LogP contribution is 2.13. The summed E-state index contributed by atoms with van der Waals surface area (Å²) in [5.41, 5.74) is 0.767. The van der Waals surface area contributed by atoms with Gasteiger partial charge in [0.25, 0.3) is 0 Å². The molecule has 0 unspecified atom stereocenters. The molecule has 0 atom stereocenters. The lowest BCUT2D eigenvalue weighted by atomic mass is 10.2. The molecule has 68 valence electrons. The van der Waals surface area contributed by atoms with Gasteiger partial charge in [-0.1, -0.05) is 18.2 Å². The van der Waals surface area contributed by atoms with E-state index < -0.39 is 5.97 Å². The summed E-state index contributed by atoms with van der Waals surface area (Å²) in [5, 5.41) is 10.1. The number of rotatable bonds is 3. The molecular weight excluding hydrogens is 168 g/mol. The number of carboxylic acid groups (broad SMARTS) is 1. The van der Waals surface area contributed by atoms with Gasteiger partial charge >= 0.3 is 0 Å². The second-order valence-electron chi connectivity index (χ2n) is 2.43. The molecule has 0 bridgehead atoms. The SMILES string of the molecule is COc1cccc(/C=C\C(=O)[O-])c1. The third kappa shape index (κ3) is 2.99. The average Bonchev–Trinajstić information content (AvgIpc) is 2.15. The Morgan fingerprint density at radius 2 is 2.31 bits per heavy atom. The van der Waals surface area contributed by atoms with E-state index in [9.17, 15) is 9.90 Å². The molecule has 1 rings (SSSR count). The van der Waals surface area contributed by atoms with Crippen molar-refractivity contribution in [3.05, 3.63) is 35.9 Å². The van der Waals surface area contributed by atoms with E-state index in [4.69, 9.17) is 4.74 Å². The van der Waals surface area contributed by atoms with Crippen LogP contribution in [0.2, 0.25) is 0 Å². The van der Waals surface area contributed by atoms with Gasteiger partial charge in [0.15, 0.2) is 0 Å². The van der Waals surface area contributed by atoms with Crippen molar-refractivity contribution in [2.24, 2.45) is 0 Å². The number of carbonyl (C=O) groups excluding carboxylic acids is 1. The van der Waals surface area contributed by atoms with Crippen molar-refractivity contribution in [1.82, 2.24) is 0 Å². The average molecular weight is 177 g/mol. The lowest BCUT2D eigenvalue weighted by molar-refractivity contribution is -0.297. The van der Waals surface area contributed by atoms with Crippen LogP contribution >= 0.6 is 0 Å². The predicted octanol–water partition coefficient (Wildman–Crippen LogP) is 0.458. The second kappa shape index (κ2) is 4.30. The minimum atomic E-state index is -1.21. The summed E-state index contributed by atoms with van der Waals surface area (Å²) in [6, 6.07) is 7.09. The molecule has 0 saturated heterocycles. The lowest BCUT2D eigenvalue weighted by Gasteiger charge is -1.99. The molecule has 13 heavy (non-hydrogen) atoms. The van der Waals surface area contributed by atoms with Crippen LogP contribution in [0.1, 0.15) is 5.56 Å². The Morgan fingerprint density at radius 1 is 1.54 bits per heavy atom. The summed E-state index contributed by atoms with van der Waals surface area (Å²) in [6.07, 6.45) is 2.44. The number of hydrogen-bond acceptors (Lipinski definition) is 3. The Bertz CT molecular complexity index is 329. The fraction of sp³-hybridized carbons (Fsp3) is 0.100. The van der Waals surface area contributed by atoms with Gasteiger partial charge in [-0.15, -0.1) is 0 Å². The molecule has 0 spiro atoms. The maximum Gasteiger partial charge on any atom is 0.119 e. The van der Waals surface area contributed by atoms with Gasteiger partial charge in [-0.05, 0) is 23.8 Å². The number of carboxylic acids is 1. The van der Waals surface area contributed by atoms with Gasteiger partial charge in [0.05, 0.1) is 13.1 Å². The predicted molar refractivity (Wildman–Crippen MR) is 47.0 cm³/mol. The highest BCUT2D eigenvalue weighted by atomic mass is 16.5. The molecule has 1 aromatic rings. The molecule has 3 nitrogen and oxygen atoms in total. The first-order chi connectivity index (χ1) is 6.22. The highest BCUT2D eigenvalue weighted by Gasteiger charge is 1.90. The molecule has 0 fully saturated rings. The molecule has 0 aromatic heterocycles. The van der Waals surface area contributed by atoms with E-state index in [-0.39, 0.29) is 0 Å². The first kappa shape index (κ1) is 9.32. The number of hydrogen-bond donors (Lipinski definition) is 0. The van der Waals surface area contributed by atoms with Crippen molar-refractivity contribution in [3.8, 4) is 5.75 Å². The molecule has 1 aromatic carbocycles. The van der Waals surface area contributed by atoms with Gasteiger partial charge in [0.1, 0.15) is 5.75 Å². The van der Waals surface area contributed by atoms with Gasteiger partial charge < -0.3 is 14.6 Å². The van der Waals surface area contributed by atoms with E-state index >= 15 is 0 Å². The van der Waals surface area contributed by atoms with Gasteiger partial charge in [-0.2, -0.15) is 0 Å². The van der Waals surface area contributed by atoms with Crippen molar-refractivity contribution in [2.75, 3.05) is 7.11 Å². The van der Waals surface area contributed by atoms with Gasteiger partial charge in [0, 0.05) is 0 Å². The molecule has 0 radical (unpaired) electrons. The number of ether oxygens (including phenoxy) is 1. The number of benzene rings is 1. The van der Waals surface area contributed by atoms with E-state index in [1.165, 1.54) is 6.08 Å². The first-order valence-electron chi connectivity index (χ1n) is 3.75. The van der Waals surface area contributed by atoms with Crippen LogP contribution in [0.3, 0.4) is 0 Å². The molecule has 0 aliphatic rings. The van der Waals surface area contributed by atoms with Gasteiger partial charge in [-0.25, -0.2) is 0 Å². The van der Waals surface area contributed by atoms with Crippen LogP contribution in [0, 0.1) is 0 Å². The molecule has 0 N–H and O–H groups in total. The Labute approximate surface area is 76.3 Å². The summed E-state index contributed by atoms with van der Waals surface area (Å²) >= 11 is 0. The van der Waals surface area contributed by atoms with Crippen molar-refractivity contribution in [3.63, 3.8) is 0 Å². The minimum Gasteiger partial charge on any atom is -0.545 e. The fourth-order valence-electron chi connectivity index (χ4n) is 0.909. The van der Waals surface area contributed by atoms with Crippen molar-refractivity contribution >= 4 is 12.0 Å². The van der Waals surface area contributed by atoms with Crippen LogP contribution in [0.5, 0.6) is 5.75 Å². The quantitative estimate of drug-likeness (QED) is 0.630. The Hall–Kier alpha value is -1.77. The van der Waals surface area contributed by atoms with Gasteiger partial charge in [0.2, 0.25) is 0 Å². The second-order valence-corrected chi connectivity index (χ2v) is 2.43. The molecular formula is C10H9O3-. The van der Waals surface area contributed by atoms with E-state index in [1.807, 2.05) is 0 Å². The topological polar surface area (TPSA) is 49.4 Å². The van der Waals surface area contributed by atoms with E-state index in [2.05, 4.69) is 0 Å². The van der Waals surface area contributed by atoms with Crippen LogP contribution in [0.15, 0.2) is 30.3 Å². The van der Waals surface area contributed by atoms with Crippen LogP contribution in [-0.2, 0) is 4.79 Å². The Balaban J connectivity index is 2.83. The zero-order valence-electron chi connectivity index (χ0n) is 7.19. The zero-order chi connectivity index (χ0) is 9.68. The Morgan fingerprint density at radius 3 is 2.92 bits per heavy atom. The van der Waals surface area contributed by atoms with Crippen LogP contribution in [-0.4, -0.2) is 13.1 Å². The lowest BCUT2D eigenvalue weighted by Crippen LogP contribution is -2.18. The number of carbonyl (C=O) groups is 1.